The molecule has 3 nitrogen and oxygen atoms in total. The first-order valence-electron chi connectivity index (χ1n) is 8.01. The fourth-order valence-corrected chi connectivity index (χ4v) is 2.98. The number of benzene rings is 1. The topological polar surface area (TPSA) is 26.7 Å². The maximum atomic E-state index is 8.96. The molecule has 0 aromatic heterocycles. The molecule has 1 heterocycles. The third-order valence-corrected chi connectivity index (χ3v) is 4.22. The molecule has 21 heavy (non-hydrogen) atoms. The van der Waals surface area contributed by atoms with Gasteiger partial charge < -0.3 is 14.9 Å². The van der Waals surface area contributed by atoms with E-state index in [1.807, 2.05) is 6.07 Å². The van der Waals surface area contributed by atoms with Crippen LogP contribution in [0.5, 0.6) is 0 Å². The van der Waals surface area contributed by atoms with Crippen molar-refractivity contribution in [3.63, 3.8) is 0 Å². The predicted octanol–water partition coefficient (Wildman–Crippen LogP) is 2.34. The van der Waals surface area contributed by atoms with Crippen molar-refractivity contribution < 1.29 is 5.11 Å². The quantitative estimate of drug-likeness (QED) is 0.834. The maximum Gasteiger partial charge on any atom is 0.0558 e. The zero-order chi connectivity index (χ0) is 14.9. The van der Waals surface area contributed by atoms with E-state index in [0.717, 1.165) is 32.1 Å². The SMILES string of the molecule is CN(CC=Cc1ccccc1)CC1CCN(CCO)CC1. The summed E-state index contributed by atoms with van der Waals surface area (Å²) < 4.78 is 0. The Morgan fingerprint density at radius 1 is 1.24 bits per heavy atom. The average Bonchev–Trinajstić information content (AvgIpc) is 2.51. The molecule has 0 spiro atoms. The molecule has 0 saturated carbocycles. The number of likely N-dealkylation sites (N-methyl/N-ethyl adjacent to an activating group) is 1. The smallest absolute Gasteiger partial charge is 0.0558 e. The van der Waals surface area contributed by atoms with Crippen molar-refractivity contribution in [3.8, 4) is 0 Å². The molecular formula is C18H28N2O. The van der Waals surface area contributed by atoms with Crippen molar-refractivity contribution in [1.82, 2.24) is 9.80 Å². The molecule has 1 saturated heterocycles. The number of aliphatic hydroxyl groups is 1. The van der Waals surface area contributed by atoms with Crippen molar-refractivity contribution in [3.05, 3.63) is 42.0 Å². The van der Waals surface area contributed by atoms with E-state index in [1.54, 1.807) is 0 Å². The molecule has 1 aliphatic rings. The number of nitrogens with zero attached hydrogens (tertiary/aromatic N) is 2. The van der Waals surface area contributed by atoms with Crippen LogP contribution in [0.2, 0.25) is 0 Å². The lowest BCUT2D eigenvalue weighted by Crippen LogP contribution is -2.39. The van der Waals surface area contributed by atoms with E-state index in [0.29, 0.717) is 0 Å². The molecule has 1 aliphatic heterocycles. The Kier molecular flexibility index (Phi) is 6.93. The fraction of sp³-hybridized carbons (Fsp3) is 0.556. The van der Waals surface area contributed by atoms with Gasteiger partial charge in [0.05, 0.1) is 6.61 Å². The summed E-state index contributed by atoms with van der Waals surface area (Å²) >= 11 is 0. The Labute approximate surface area is 128 Å². The molecule has 0 aliphatic carbocycles. The zero-order valence-corrected chi connectivity index (χ0v) is 13.1. The molecule has 116 valence electrons. The van der Waals surface area contributed by atoms with Gasteiger partial charge in [0.25, 0.3) is 0 Å². The molecular weight excluding hydrogens is 260 g/mol. The Hall–Kier alpha value is -1.16. The van der Waals surface area contributed by atoms with Gasteiger partial charge in [-0.25, -0.2) is 0 Å². The Balaban J connectivity index is 1.66. The molecule has 0 atom stereocenters. The molecule has 1 aromatic carbocycles. The molecule has 0 amide bonds. The molecule has 3 heteroatoms. The summed E-state index contributed by atoms with van der Waals surface area (Å²) in [5.41, 5.74) is 1.27. The van der Waals surface area contributed by atoms with E-state index in [-0.39, 0.29) is 6.61 Å². The summed E-state index contributed by atoms with van der Waals surface area (Å²) in [5.74, 6) is 0.801. The first-order chi connectivity index (χ1) is 10.3. The van der Waals surface area contributed by atoms with Crippen LogP contribution in [0.15, 0.2) is 36.4 Å². The lowest BCUT2D eigenvalue weighted by molar-refractivity contribution is 0.133. The fourth-order valence-electron chi connectivity index (χ4n) is 2.98. The van der Waals surface area contributed by atoms with Gasteiger partial charge in [0, 0.05) is 19.6 Å². The van der Waals surface area contributed by atoms with Crippen LogP contribution in [-0.4, -0.2) is 61.3 Å². The number of likely N-dealkylation sites (tertiary alicyclic amines) is 1. The van der Waals surface area contributed by atoms with Crippen molar-refractivity contribution in [2.45, 2.75) is 12.8 Å². The van der Waals surface area contributed by atoms with E-state index in [4.69, 9.17) is 5.11 Å². The maximum absolute atomic E-state index is 8.96. The molecule has 1 aromatic rings. The first kappa shape index (κ1) is 16.2. The van der Waals surface area contributed by atoms with Crippen molar-refractivity contribution in [2.75, 3.05) is 46.4 Å². The van der Waals surface area contributed by atoms with Crippen molar-refractivity contribution in [1.29, 1.82) is 0 Å². The number of piperidine rings is 1. The third kappa shape index (κ3) is 6.00. The van der Waals surface area contributed by atoms with Gasteiger partial charge in [0.2, 0.25) is 0 Å². The van der Waals surface area contributed by atoms with Crippen molar-refractivity contribution >= 4 is 6.08 Å². The summed E-state index contributed by atoms with van der Waals surface area (Å²) in [4.78, 5) is 4.78. The number of β-amino-alcohol motifs (C(OH)–C–C–N with tert-alkyl or cyclic N) is 1. The van der Waals surface area contributed by atoms with Crippen LogP contribution in [-0.2, 0) is 0 Å². The number of hydrogen-bond donors (Lipinski definition) is 1. The van der Waals surface area contributed by atoms with Gasteiger partial charge >= 0.3 is 0 Å². The van der Waals surface area contributed by atoms with Crippen molar-refractivity contribution in [2.24, 2.45) is 5.92 Å². The molecule has 1 N–H and O–H groups in total. The van der Waals surface area contributed by atoms with Crippen LogP contribution in [0.3, 0.4) is 0 Å². The highest BCUT2D eigenvalue weighted by atomic mass is 16.3. The Morgan fingerprint density at radius 2 is 1.95 bits per heavy atom. The Bertz CT molecular complexity index is 410. The zero-order valence-electron chi connectivity index (χ0n) is 13.1. The second-order valence-electron chi connectivity index (χ2n) is 6.04. The second kappa shape index (κ2) is 8.98. The minimum atomic E-state index is 0.287. The van der Waals surface area contributed by atoms with Gasteiger partial charge in [-0.05, 0) is 44.5 Å². The van der Waals surface area contributed by atoms with E-state index >= 15 is 0 Å². The standard InChI is InChI=1S/C18H28N2O/c1-19(11-5-8-17-6-3-2-4-7-17)16-18-9-12-20(13-10-18)14-15-21/h2-8,18,21H,9-16H2,1H3. The van der Waals surface area contributed by atoms with Crippen LogP contribution in [0.1, 0.15) is 18.4 Å². The van der Waals surface area contributed by atoms with E-state index < -0.39 is 0 Å². The van der Waals surface area contributed by atoms with Gasteiger partial charge in [0.1, 0.15) is 0 Å². The number of hydrogen-bond acceptors (Lipinski definition) is 3. The largest absolute Gasteiger partial charge is 0.395 e. The highest BCUT2D eigenvalue weighted by Gasteiger charge is 2.19. The highest BCUT2D eigenvalue weighted by molar-refractivity contribution is 5.48. The van der Waals surface area contributed by atoms with Crippen LogP contribution < -0.4 is 0 Å². The second-order valence-corrected chi connectivity index (χ2v) is 6.04. The normalized spacial score (nSPS) is 17.9. The van der Waals surface area contributed by atoms with Crippen LogP contribution in [0.25, 0.3) is 6.08 Å². The molecule has 0 bridgehead atoms. The molecule has 0 unspecified atom stereocenters. The Morgan fingerprint density at radius 3 is 2.62 bits per heavy atom. The highest BCUT2D eigenvalue weighted by Crippen LogP contribution is 2.17. The molecule has 2 rings (SSSR count). The number of aliphatic hydroxyl groups excluding tert-OH is 1. The molecule has 1 fully saturated rings. The van der Waals surface area contributed by atoms with E-state index in [1.165, 1.54) is 24.9 Å². The minimum absolute atomic E-state index is 0.287. The van der Waals surface area contributed by atoms with Gasteiger partial charge in [-0.3, -0.25) is 0 Å². The summed E-state index contributed by atoms with van der Waals surface area (Å²) in [6, 6.07) is 10.5. The minimum Gasteiger partial charge on any atom is -0.395 e. The van der Waals surface area contributed by atoms with Gasteiger partial charge in [-0.1, -0.05) is 42.5 Å². The van der Waals surface area contributed by atoms with E-state index in [9.17, 15) is 0 Å². The predicted molar refractivity (Wildman–Crippen MR) is 89.2 cm³/mol. The first-order valence-corrected chi connectivity index (χ1v) is 8.01. The van der Waals surface area contributed by atoms with Gasteiger partial charge in [-0.15, -0.1) is 0 Å². The van der Waals surface area contributed by atoms with Gasteiger partial charge in [-0.2, -0.15) is 0 Å². The lowest BCUT2D eigenvalue weighted by atomic mass is 9.96. The lowest BCUT2D eigenvalue weighted by Gasteiger charge is -2.33. The number of rotatable bonds is 7. The summed E-state index contributed by atoms with van der Waals surface area (Å²) in [6.45, 7) is 5.58. The molecule has 0 radical (unpaired) electrons. The summed E-state index contributed by atoms with van der Waals surface area (Å²) in [6.07, 6.45) is 6.95. The van der Waals surface area contributed by atoms with Crippen LogP contribution in [0.4, 0.5) is 0 Å². The monoisotopic (exact) mass is 288 g/mol. The van der Waals surface area contributed by atoms with Gasteiger partial charge in [0.15, 0.2) is 0 Å². The van der Waals surface area contributed by atoms with Crippen LogP contribution >= 0.6 is 0 Å². The summed E-state index contributed by atoms with van der Waals surface area (Å²) in [7, 11) is 2.20. The third-order valence-electron chi connectivity index (χ3n) is 4.22. The summed E-state index contributed by atoms with van der Waals surface area (Å²) in [5, 5.41) is 8.96. The van der Waals surface area contributed by atoms with E-state index in [2.05, 4.69) is 53.3 Å². The average molecular weight is 288 g/mol. The van der Waals surface area contributed by atoms with Crippen LogP contribution in [0, 0.1) is 5.92 Å².